The molecule has 2 N–H and O–H groups in total. The largest absolute Gasteiger partial charge is 0.382 e. The predicted molar refractivity (Wildman–Crippen MR) is 104 cm³/mol. The molecule has 0 spiro atoms. The molecule has 1 fully saturated rings. The molecule has 1 saturated carbocycles. The minimum absolute atomic E-state index is 0.643. The van der Waals surface area contributed by atoms with Crippen molar-refractivity contribution < 1.29 is 0 Å². The van der Waals surface area contributed by atoms with Crippen molar-refractivity contribution in [2.24, 2.45) is 5.92 Å². The van der Waals surface area contributed by atoms with Gasteiger partial charge >= 0.3 is 0 Å². The number of pyridine rings is 1. The quantitative estimate of drug-likeness (QED) is 0.849. The molecule has 0 aliphatic heterocycles. The van der Waals surface area contributed by atoms with Crippen molar-refractivity contribution in [2.45, 2.75) is 90.5 Å². The van der Waals surface area contributed by atoms with Crippen molar-refractivity contribution in [1.82, 2.24) is 14.8 Å². The first-order valence-corrected chi connectivity index (χ1v) is 10.4. The van der Waals surface area contributed by atoms with Gasteiger partial charge in [-0.05, 0) is 56.4 Å². The van der Waals surface area contributed by atoms with Crippen LogP contribution in [0.5, 0.6) is 0 Å². The summed E-state index contributed by atoms with van der Waals surface area (Å²) in [4.78, 5) is 4.71. The Kier molecular flexibility index (Phi) is 4.96. The average Bonchev–Trinajstić information content (AvgIpc) is 3.00. The minimum Gasteiger partial charge on any atom is -0.382 e. The molecule has 0 saturated heterocycles. The normalized spacial score (nSPS) is 18.6. The number of anilines is 1. The van der Waals surface area contributed by atoms with E-state index in [4.69, 9.17) is 15.8 Å². The molecule has 0 aromatic carbocycles. The number of hydrogen-bond acceptors (Lipinski definition) is 3. The van der Waals surface area contributed by atoms with E-state index in [1.54, 1.807) is 0 Å². The van der Waals surface area contributed by atoms with Crippen LogP contribution in [0.4, 0.5) is 5.82 Å². The fourth-order valence-electron chi connectivity index (χ4n) is 4.94. The second-order valence-electron chi connectivity index (χ2n) is 8.07. The Morgan fingerprint density at radius 1 is 1.08 bits per heavy atom. The Morgan fingerprint density at radius 2 is 1.88 bits per heavy atom. The summed E-state index contributed by atoms with van der Waals surface area (Å²) in [7, 11) is 0. The number of aromatic nitrogens is 3. The number of hydrogen-bond donors (Lipinski definition) is 1. The molecular formula is C21H32N4. The Labute approximate surface area is 151 Å². The van der Waals surface area contributed by atoms with Crippen LogP contribution in [0, 0.1) is 5.92 Å². The van der Waals surface area contributed by atoms with E-state index >= 15 is 0 Å². The number of fused-ring (bicyclic) bond motifs is 3. The summed E-state index contributed by atoms with van der Waals surface area (Å²) in [5, 5.41) is 6.27. The van der Waals surface area contributed by atoms with Gasteiger partial charge in [0.15, 0.2) is 5.82 Å². The van der Waals surface area contributed by atoms with Crippen LogP contribution < -0.4 is 5.73 Å². The lowest BCUT2D eigenvalue weighted by molar-refractivity contribution is 0.336. The average molecular weight is 341 g/mol. The number of nitrogen functional groups attached to an aromatic ring is 1. The van der Waals surface area contributed by atoms with E-state index in [-0.39, 0.29) is 0 Å². The topological polar surface area (TPSA) is 56.7 Å². The van der Waals surface area contributed by atoms with Crippen LogP contribution in [-0.4, -0.2) is 14.8 Å². The zero-order valence-corrected chi connectivity index (χ0v) is 15.7. The zero-order chi connectivity index (χ0) is 17.2. The maximum absolute atomic E-state index is 6.31. The van der Waals surface area contributed by atoms with Crippen LogP contribution in [0.15, 0.2) is 0 Å². The summed E-state index contributed by atoms with van der Waals surface area (Å²) in [6, 6.07) is 0. The standard InChI is InChI=1S/C21H32N4/c1-2-14-25-18(13-12-15-8-4-3-5-9-15)19-16-10-6-7-11-17(16)23-21(22)20(19)24-25/h15H,2-14H2,1H3,(H2,22,23). The van der Waals surface area contributed by atoms with Crippen molar-refractivity contribution in [3.8, 4) is 0 Å². The Morgan fingerprint density at radius 3 is 2.68 bits per heavy atom. The van der Waals surface area contributed by atoms with Gasteiger partial charge in [-0.3, -0.25) is 4.68 Å². The molecule has 4 nitrogen and oxygen atoms in total. The Balaban J connectivity index is 1.73. The second kappa shape index (κ2) is 7.35. The van der Waals surface area contributed by atoms with Crippen LogP contribution in [0.3, 0.4) is 0 Å². The predicted octanol–water partition coefficient (Wildman–Crippen LogP) is 4.82. The van der Waals surface area contributed by atoms with Crippen LogP contribution in [-0.2, 0) is 25.8 Å². The fraction of sp³-hybridized carbons (Fsp3) is 0.714. The lowest BCUT2D eigenvalue weighted by Gasteiger charge is -2.22. The van der Waals surface area contributed by atoms with E-state index in [1.807, 2.05) is 0 Å². The van der Waals surface area contributed by atoms with Crippen molar-refractivity contribution >= 4 is 16.7 Å². The second-order valence-corrected chi connectivity index (χ2v) is 8.07. The molecule has 4 heteroatoms. The van der Waals surface area contributed by atoms with Crippen molar-refractivity contribution in [2.75, 3.05) is 5.73 Å². The maximum atomic E-state index is 6.31. The molecule has 2 heterocycles. The molecule has 25 heavy (non-hydrogen) atoms. The van der Waals surface area contributed by atoms with Crippen LogP contribution >= 0.6 is 0 Å². The van der Waals surface area contributed by atoms with Gasteiger partial charge in [-0.2, -0.15) is 5.10 Å². The smallest absolute Gasteiger partial charge is 0.152 e. The SMILES string of the molecule is CCCn1nc2c(N)nc3c(c2c1CCC1CCCCC1)CCCC3. The molecule has 2 aromatic rings. The van der Waals surface area contributed by atoms with E-state index in [1.165, 1.54) is 73.7 Å². The maximum Gasteiger partial charge on any atom is 0.152 e. The minimum atomic E-state index is 0.643. The van der Waals surface area contributed by atoms with Gasteiger partial charge in [0.05, 0.1) is 0 Å². The van der Waals surface area contributed by atoms with Gasteiger partial charge in [0, 0.05) is 23.3 Å². The number of nitrogens with zero attached hydrogens (tertiary/aromatic N) is 3. The Bertz CT molecular complexity index is 740. The molecule has 0 bridgehead atoms. The van der Waals surface area contributed by atoms with Crippen molar-refractivity contribution in [3.05, 3.63) is 17.0 Å². The highest BCUT2D eigenvalue weighted by molar-refractivity contribution is 5.93. The van der Waals surface area contributed by atoms with Crippen LogP contribution in [0.25, 0.3) is 10.9 Å². The van der Waals surface area contributed by atoms with Gasteiger partial charge < -0.3 is 5.73 Å². The molecule has 0 atom stereocenters. The molecular weight excluding hydrogens is 308 g/mol. The van der Waals surface area contributed by atoms with Gasteiger partial charge in [0.1, 0.15) is 5.52 Å². The molecule has 2 aromatic heterocycles. The summed E-state index contributed by atoms with van der Waals surface area (Å²) in [5.74, 6) is 1.55. The molecule has 136 valence electrons. The van der Waals surface area contributed by atoms with E-state index in [0.29, 0.717) is 5.82 Å². The van der Waals surface area contributed by atoms with E-state index < -0.39 is 0 Å². The van der Waals surface area contributed by atoms with Gasteiger partial charge in [-0.15, -0.1) is 0 Å². The van der Waals surface area contributed by atoms with Crippen LogP contribution in [0.2, 0.25) is 0 Å². The van der Waals surface area contributed by atoms with Crippen molar-refractivity contribution in [3.63, 3.8) is 0 Å². The van der Waals surface area contributed by atoms with Gasteiger partial charge in [-0.25, -0.2) is 4.98 Å². The first kappa shape index (κ1) is 16.9. The lowest BCUT2D eigenvalue weighted by atomic mass is 9.85. The van der Waals surface area contributed by atoms with Gasteiger partial charge in [-0.1, -0.05) is 39.0 Å². The number of aryl methyl sites for hydroxylation is 4. The summed E-state index contributed by atoms with van der Waals surface area (Å²) >= 11 is 0. The molecule has 0 unspecified atom stereocenters. The summed E-state index contributed by atoms with van der Waals surface area (Å²) in [5.41, 5.74) is 11.4. The monoisotopic (exact) mass is 340 g/mol. The van der Waals surface area contributed by atoms with Crippen LogP contribution in [0.1, 0.15) is 81.7 Å². The summed E-state index contributed by atoms with van der Waals surface area (Å²) < 4.78 is 2.25. The third-order valence-corrected chi connectivity index (χ3v) is 6.25. The van der Waals surface area contributed by atoms with Gasteiger partial charge in [0.25, 0.3) is 0 Å². The first-order valence-electron chi connectivity index (χ1n) is 10.4. The lowest BCUT2D eigenvalue weighted by Crippen LogP contribution is -2.11. The highest BCUT2D eigenvalue weighted by Crippen LogP contribution is 2.35. The first-order chi connectivity index (χ1) is 12.3. The van der Waals surface area contributed by atoms with E-state index in [9.17, 15) is 0 Å². The van der Waals surface area contributed by atoms with Crippen molar-refractivity contribution in [1.29, 1.82) is 0 Å². The third-order valence-electron chi connectivity index (χ3n) is 6.25. The zero-order valence-electron chi connectivity index (χ0n) is 15.7. The summed E-state index contributed by atoms with van der Waals surface area (Å²) in [6.07, 6.45) is 15.4. The highest BCUT2D eigenvalue weighted by Gasteiger charge is 2.23. The number of rotatable bonds is 5. The molecule has 0 radical (unpaired) electrons. The third kappa shape index (κ3) is 3.28. The Hall–Kier alpha value is -1.58. The molecule has 2 aliphatic rings. The van der Waals surface area contributed by atoms with Gasteiger partial charge in [0.2, 0.25) is 0 Å². The summed E-state index contributed by atoms with van der Waals surface area (Å²) in [6.45, 7) is 3.22. The molecule has 2 aliphatic carbocycles. The fourth-order valence-corrected chi connectivity index (χ4v) is 4.94. The number of nitrogens with two attached hydrogens (primary N) is 1. The highest BCUT2D eigenvalue weighted by atomic mass is 15.3. The van der Waals surface area contributed by atoms with E-state index in [0.717, 1.165) is 43.7 Å². The van der Waals surface area contributed by atoms with E-state index in [2.05, 4.69) is 11.6 Å². The molecule has 4 rings (SSSR count). The molecule has 0 amide bonds.